The molecule has 1 amide bonds. The summed E-state index contributed by atoms with van der Waals surface area (Å²) < 4.78 is 5.63. The lowest BCUT2D eigenvalue weighted by Crippen LogP contribution is -2.54. The molecule has 0 fully saturated rings. The standard InChI is InChI=1S/C20H28N2O3/c1-5-20(4,18(24)22-19(2,3)14-23)17(16-12-9-13-25-16)21-15-10-7-6-8-11-15/h6-13,17,21,23H,5,14H2,1-4H3,(H,22,24). The summed E-state index contributed by atoms with van der Waals surface area (Å²) in [6, 6.07) is 13.1. The molecule has 25 heavy (non-hydrogen) atoms. The molecule has 1 aromatic carbocycles. The van der Waals surface area contributed by atoms with Gasteiger partial charge in [0.2, 0.25) is 5.91 Å². The molecule has 0 aliphatic heterocycles. The molecule has 1 aromatic heterocycles. The van der Waals surface area contributed by atoms with Crippen molar-refractivity contribution in [3.63, 3.8) is 0 Å². The van der Waals surface area contributed by atoms with Crippen LogP contribution in [0.4, 0.5) is 5.69 Å². The second-order valence-electron chi connectivity index (χ2n) is 7.23. The Balaban J connectivity index is 2.37. The van der Waals surface area contributed by atoms with Gasteiger partial charge in [0, 0.05) is 5.69 Å². The van der Waals surface area contributed by atoms with Crippen LogP contribution in [0.3, 0.4) is 0 Å². The van der Waals surface area contributed by atoms with Gasteiger partial charge in [0.1, 0.15) is 5.76 Å². The minimum absolute atomic E-state index is 0.126. The smallest absolute Gasteiger partial charge is 0.228 e. The lowest BCUT2D eigenvalue weighted by atomic mass is 9.76. The fourth-order valence-electron chi connectivity index (χ4n) is 2.69. The molecule has 2 unspecified atom stereocenters. The Hall–Kier alpha value is -2.27. The summed E-state index contributed by atoms with van der Waals surface area (Å²) in [7, 11) is 0. The van der Waals surface area contributed by atoms with Crippen LogP contribution in [-0.2, 0) is 4.79 Å². The first-order valence-electron chi connectivity index (χ1n) is 8.61. The third-order valence-corrected chi connectivity index (χ3v) is 4.65. The van der Waals surface area contributed by atoms with Crippen LogP contribution in [0.15, 0.2) is 53.1 Å². The van der Waals surface area contributed by atoms with Crippen molar-refractivity contribution in [3.05, 3.63) is 54.5 Å². The normalized spacial score (nSPS) is 15.2. The monoisotopic (exact) mass is 344 g/mol. The third kappa shape index (κ3) is 4.42. The second kappa shape index (κ2) is 7.74. The maximum atomic E-state index is 13.1. The van der Waals surface area contributed by atoms with Crippen molar-refractivity contribution in [1.82, 2.24) is 5.32 Å². The Morgan fingerprint density at radius 2 is 1.84 bits per heavy atom. The Labute approximate surface area is 149 Å². The number of para-hydroxylation sites is 1. The van der Waals surface area contributed by atoms with Crippen LogP contribution in [0.25, 0.3) is 0 Å². The van der Waals surface area contributed by atoms with Gasteiger partial charge >= 0.3 is 0 Å². The Morgan fingerprint density at radius 1 is 1.16 bits per heavy atom. The molecule has 0 bridgehead atoms. The maximum absolute atomic E-state index is 13.1. The highest BCUT2D eigenvalue weighted by Gasteiger charge is 2.43. The van der Waals surface area contributed by atoms with Crippen molar-refractivity contribution in [3.8, 4) is 0 Å². The summed E-state index contributed by atoms with van der Waals surface area (Å²) in [4.78, 5) is 13.1. The van der Waals surface area contributed by atoms with Crippen molar-refractivity contribution in [2.45, 2.75) is 45.7 Å². The number of furan rings is 1. The average molecular weight is 344 g/mol. The maximum Gasteiger partial charge on any atom is 0.228 e. The number of nitrogens with one attached hydrogen (secondary N) is 2. The van der Waals surface area contributed by atoms with Crippen molar-refractivity contribution in [2.24, 2.45) is 5.41 Å². The third-order valence-electron chi connectivity index (χ3n) is 4.65. The van der Waals surface area contributed by atoms with E-state index < -0.39 is 11.0 Å². The van der Waals surface area contributed by atoms with Gasteiger partial charge in [0.05, 0.1) is 29.9 Å². The van der Waals surface area contributed by atoms with Crippen molar-refractivity contribution >= 4 is 11.6 Å². The predicted molar refractivity (Wildman–Crippen MR) is 99.2 cm³/mol. The highest BCUT2D eigenvalue weighted by atomic mass is 16.3. The van der Waals surface area contributed by atoms with Crippen LogP contribution in [0.2, 0.25) is 0 Å². The molecule has 0 saturated carbocycles. The zero-order valence-electron chi connectivity index (χ0n) is 15.4. The number of hydrogen-bond donors (Lipinski definition) is 3. The van der Waals surface area contributed by atoms with Crippen LogP contribution in [0.5, 0.6) is 0 Å². The molecule has 1 heterocycles. The van der Waals surface area contributed by atoms with E-state index in [0.717, 1.165) is 5.69 Å². The van der Waals surface area contributed by atoms with E-state index in [2.05, 4.69) is 10.6 Å². The van der Waals surface area contributed by atoms with E-state index in [4.69, 9.17) is 4.42 Å². The van der Waals surface area contributed by atoms with Crippen LogP contribution < -0.4 is 10.6 Å². The number of benzene rings is 1. The molecule has 0 aliphatic carbocycles. The molecule has 2 rings (SSSR count). The van der Waals surface area contributed by atoms with Gasteiger partial charge < -0.3 is 20.2 Å². The van der Waals surface area contributed by atoms with Gasteiger partial charge in [0.25, 0.3) is 0 Å². The van der Waals surface area contributed by atoms with E-state index in [9.17, 15) is 9.90 Å². The Morgan fingerprint density at radius 3 is 2.36 bits per heavy atom. The fraction of sp³-hybridized carbons (Fsp3) is 0.450. The molecule has 3 N–H and O–H groups in total. The zero-order valence-corrected chi connectivity index (χ0v) is 15.4. The first-order chi connectivity index (χ1) is 11.8. The van der Waals surface area contributed by atoms with Gasteiger partial charge in [0.15, 0.2) is 0 Å². The Bertz CT molecular complexity index is 668. The number of amides is 1. The lowest BCUT2D eigenvalue weighted by Gasteiger charge is -2.38. The molecular weight excluding hydrogens is 316 g/mol. The zero-order chi connectivity index (χ0) is 18.5. The molecule has 2 aromatic rings. The number of carbonyl (C=O) groups excluding carboxylic acids is 1. The molecule has 5 nitrogen and oxygen atoms in total. The molecule has 0 radical (unpaired) electrons. The van der Waals surface area contributed by atoms with E-state index in [1.54, 1.807) is 20.1 Å². The summed E-state index contributed by atoms with van der Waals surface area (Å²) in [5, 5.41) is 15.9. The van der Waals surface area contributed by atoms with E-state index in [1.165, 1.54) is 0 Å². The first kappa shape index (κ1) is 19.1. The predicted octanol–water partition coefficient (Wildman–Crippen LogP) is 3.74. The Kier molecular flexibility index (Phi) is 5.90. The van der Waals surface area contributed by atoms with Gasteiger partial charge in [-0.05, 0) is 51.5 Å². The summed E-state index contributed by atoms with van der Waals surface area (Å²) in [6.45, 7) is 7.37. The van der Waals surface area contributed by atoms with Crippen molar-refractivity contribution in [1.29, 1.82) is 0 Å². The van der Waals surface area contributed by atoms with Gasteiger partial charge in [-0.2, -0.15) is 0 Å². The number of rotatable bonds is 8. The van der Waals surface area contributed by atoms with Crippen LogP contribution in [0.1, 0.15) is 45.9 Å². The van der Waals surface area contributed by atoms with Gasteiger partial charge in [-0.1, -0.05) is 25.1 Å². The summed E-state index contributed by atoms with van der Waals surface area (Å²) in [5.74, 6) is 0.573. The summed E-state index contributed by atoms with van der Waals surface area (Å²) in [6.07, 6.45) is 2.21. The summed E-state index contributed by atoms with van der Waals surface area (Å²) >= 11 is 0. The molecular formula is C20H28N2O3. The SMILES string of the molecule is CCC(C)(C(=O)NC(C)(C)CO)C(Nc1ccccc1)c1ccco1. The van der Waals surface area contributed by atoms with E-state index >= 15 is 0 Å². The minimum atomic E-state index is -0.764. The van der Waals surface area contributed by atoms with Gasteiger partial charge in [-0.3, -0.25) is 4.79 Å². The van der Waals surface area contributed by atoms with Crippen LogP contribution in [0, 0.1) is 5.41 Å². The molecule has 136 valence electrons. The number of aliphatic hydroxyl groups excluding tert-OH is 1. The average Bonchev–Trinajstić information content (AvgIpc) is 3.13. The lowest BCUT2D eigenvalue weighted by molar-refractivity contribution is -0.133. The largest absolute Gasteiger partial charge is 0.467 e. The highest BCUT2D eigenvalue weighted by Crippen LogP contribution is 2.40. The van der Waals surface area contributed by atoms with Gasteiger partial charge in [-0.25, -0.2) is 0 Å². The molecule has 5 heteroatoms. The second-order valence-corrected chi connectivity index (χ2v) is 7.23. The van der Waals surface area contributed by atoms with Crippen LogP contribution in [-0.4, -0.2) is 23.2 Å². The minimum Gasteiger partial charge on any atom is -0.467 e. The number of aliphatic hydroxyl groups is 1. The van der Waals surface area contributed by atoms with Crippen LogP contribution >= 0.6 is 0 Å². The van der Waals surface area contributed by atoms with Gasteiger partial charge in [-0.15, -0.1) is 0 Å². The van der Waals surface area contributed by atoms with Crippen molar-refractivity contribution < 1.29 is 14.3 Å². The summed E-state index contributed by atoms with van der Waals surface area (Å²) in [5.41, 5.74) is -0.536. The van der Waals surface area contributed by atoms with E-state index in [0.29, 0.717) is 12.2 Å². The molecule has 0 saturated heterocycles. The van der Waals surface area contributed by atoms with E-state index in [1.807, 2.05) is 56.3 Å². The topological polar surface area (TPSA) is 74.5 Å². The number of anilines is 1. The van der Waals surface area contributed by atoms with E-state index in [-0.39, 0.29) is 18.6 Å². The quantitative estimate of drug-likeness (QED) is 0.682. The molecule has 0 aliphatic rings. The van der Waals surface area contributed by atoms with Crippen molar-refractivity contribution in [2.75, 3.05) is 11.9 Å². The molecule has 2 atom stereocenters. The highest BCUT2D eigenvalue weighted by molar-refractivity contribution is 5.84. The molecule has 0 spiro atoms. The first-order valence-corrected chi connectivity index (χ1v) is 8.61. The number of carbonyl (C=O) groups is 1. The number of hydrogen-bond acceptors (Lipinski definition) is 4. The fourth-order valence-corrected chi connectivity index (χ4v) is 2.69.